The number of hydrogen-bond donors (Lipinski definition) is 1. The van der Waals surface area contributed by atoms with E-state index in [1.165, 1.54) is 0 Å². The zero-order valence-electron chi connectivity index (χ0n) is 12.8. The summed E-state index contributed by atoms with van der Waals surface area (Å²) in [6.07, 6.45) is 0. The van der Waals surface area contributed by atoms with Crippen LogP contribution in [0.4, 0.5) is 5.69 Å². The van der Waals surface area contributed by atoms with Gasteiger partial charge in [-0.3, -0.25) is 4.79 Å². The van der Waals surface area contributed by atoms with E-state index in [-0.39, 0.29) is 5.78 Å². The number of halogens is 1. The summed E-state index contributed by atoms with van der Waals surface area (Å²) in [4.78, 5) is 14.6. The first-order chi connectivity index (χ1) is 10.7. The van der Waals surface area contributed by atoms with Crippen molar-refractivity contribution < 1.29 is 4.79 Å². The van der Waals surface area contributed by atoms with Crippen molar-refractivity contribution in [2.24, 2.45) is 5.73 Å². The first-order valence-corrected chi connectivity index (χ1v) is 7.91. The minimum absolute atomic E-state index is 0.0364. The molecule has 0 spiro atoms. The van der Waals surface area contributed by atoms with E-state index < -0.39 is 0 Å². The number of rotatable bonds is 7. The molecule has 0 saturated carbocycles. The molecule has 0 atom stereocenters. The molecule has 0 bridgehead atoms. The van der Waals surface area contributed by atoms with E-state index in [4.69, 9.17) is 17.3 Å². The zero-order chi connectivity index (χ0) is 15.9. The van der Waals surface area contributed by atoms with Crippen molar-refractivity contribution in [3.05, 3.63) is 65.2 Å². The fourth-order valence-corrected chi connectivity index (χ4v) is 2.53. The Labute approximate surface area is 136 Å². The van der Waals surface area contributed by atoms with Crippen molar-refractivity contribution in [1.82, 2.24) is 0 Å². The van der Waals surface area contributed by atoms with Gasteiger partial charge in [0.2, 0.25) is 0 Å². The fraction of sp³-hybridized carbons (Fsp3) is 0.278. The van der Waals surface area contributed by atoms with Crippen molar-refractivity contribution in [2.45, 2.75) is 6.92 Å². The first-order valence-electron chi connectivity index (χ1n) is 7.38. The lowest BCUT2D eigenvalue weighted by atomic mass is 10.0. The number of carbonyl (C=O) groups is 1. The molecule has 0 aliphatic rings. The molecular formula is C18H21ClN2O. The third-order valence-electron chi connectivity index (χ3n) is 3.56. The maximum atomic E-state index is 12.4. The minimum atomic E-state index is 0.0364. The Balaban J connectivity index is 2.17. The zero-order valence-corrected chi connectivity index (χ0v) is 13.5. The van der Waals surface area contributed by atoms with Gasteiger partial charge in [0.25, 0.3) is 0 Å². The van der Waals surface area contributed by atoms with Crippen LogP contribution in [0.5, 0.6) is 0 Å². The molecule has 0 unspecified atom stereocenters. The van der Waals surface area contributed by atoms with Gasteiger partial charge in [-0.2, -0.15) is 0 Å². The van der Waals surface area contributed by atoms with Crippen molar-refractivity contribution in [2.75, 3.05) is 30.4 Å². The Morgan fingerprint density at radius 3 is 2.05 bits per heavy atom. The van der Waals surface area contributed by atoms with E-state index >= 15 is 0 Å². The molecule has 0 aromatic heterocycles. The molecular weight excluding hydrogens is 296 g/mol. The number of ketones is 1. The standard InChI is InChI=1S/C18H21ClN2O/c1-14-2-4-15(5-3-14)18(22)16-6-8-17(9-7-16)21(12-10-19)13-11-20/h2-9H,10-13,20H2,1H3. The summed E-state index contributed by atoms with van der Waals surface area (Å²) in [5.74, 6) is 0.582. The highest BCUT2D eigenvalue weighted by atomic mass is 35.5. The topological polar surface area (TPSA) is 46.3 Å². The minimum Gasteiger partial charge on any atom is -0.369 e. The normalized spacial score (nSPS) is 10.5. The summed E-state index contributed by atoms with van der Waals surface area (Å²) in [6, 6.07) is 15.2. The van der Waals surface area contributed by atoms with Gasteiger partial charge in [-0.25, -0.2) is 0 Å². The van der Waals surface area contributed by atoms with Crippen molar-refractivity contribution in [3.8, 4) is 0 Å². The van der Waals surface area contributed by atoms with Crippen LogP contribution in [-0.4, -0.2) is 31.3 Å². The van der Waals surface area contributed by atoms with Gasteiger partial charge in [-0.05, 0) is 31.2 Å². The van der Waals surface area contributed by atoms with E-state index in [1.54, 1.807) is 0 Å². The number of hydrogen-bond acceptors (Lipinski definition) is 3. The third kappa shape index (κ3) is 4.09. The van der Waals surface area contributed by atoms with Gasteiger partial charge < -0.3 is 10.6 Å². The third-order valence-corrected chi connectivity index (χ3v) is 3.73. The summed E-state index contributed by atoms with van der Waals surface area (Å²) < 4.78 is 0. The van der Waals surface area contributed by atoms with Crippen LogP contribution in [0, 0.1) is 6.92 Å². The Hall–Kier alpha value is -1.84. The lowest BCUT2D eigenvalue weighted by molar-refractivity contribution is 0.103. The molecule has 2 aromatic carbocycles. The highest BCUT2D eigenvalue weighted by Crippen LogP contribution is 2.17. The van der Waals surface area contributed by atoms with Crippen LogP contribution in [0.15, 0.2) is 48.5 Å². The second-order valence-electron chi connectivity index (χ2n) is 5.21. The number of aryl methyl sites for hydroxylation is 1. The molecule has 0 heterocycles. The summed E-state index contributed by atoms with van der Waals surface area (Å²) in [5.41, 5.74) is 9.19. The molecule has 0 fully saturated rings. The van der Waals surface area contributed by atoms with Crippen LogP contribution in [-0.2, 0) is 0 Å². The lowest BCUT2D eigenvalue weighted by Crippen LogP contribution is -2.31. The van der Waals surface area contributed by atoms with Gasteiger partial charge in [0.05, 0.1) is 0 Å². The molecule has 2 aromatic rings. The SMILES string of the molecule is Cc1ccc(C(=O)c2ccc(N(CCN)CCCl)cc2)cc1. The number of carbonyl (C=O) groups excluding carboxylic acids is 1. The molecule has 0 radical (unpaired) electrons. The van der Waals surface area contributed by atoms with Crippen LogP contribution < -0.4 is 10.6 Å². The maximum absolute atomic E-state index is 12.4. The Morgan fingerprint density at radius 1 is 1.00 bits per heavy atom. The predicted molar refractivity (Wildman–Crippen MR) is 93.0 cm³/mol. The van der Waals surface area contributed by atoms with E-state index in [1.807, 2.05) is 55.5 Å². The maximum Gasteiger partial charge on any atom is 0.193 e. The predicted octanol–water partition coefficient (Wildman–Crippen LogP) is 3.23. The van der Waals surface area contributed by atoms with Gasteiger partial charge in [0.1, 0.15) is 0 Å². The van der Waals surface area contributed by atoms with Gasteiger partial charge in [-0.15, -0.1) is 11.6 Å². The number of nitrogens with two attached hydrogens (primary N) is 1. The number of anilines is 1. The summed E-state index contributed by atoms with van der Waals surface area (Å²) >= 11 is 5.82. The number of benzene rings is 2. The molecule has 4 heteroatoms. The second-order valence-corrected chi connectivity index (χ2v) is 5.58. The highest BCUT2D eigenvalue weighted by molar-refractivity contribution is 6.18. The fourth-order valence-electron chi connectivity index (χ4n) is 2.32. The van der Waals surface area contributed by atoms with E-state index in [9.17, 15) is 4.79 Å². The van der Waals surface area contributed by atoms with E-state index in [2.05, 4.69) is 4.90 Å². The highest BCUT2D eigenvalue weighted by Gasteiger charge is 2.10. The summed E-state index contributed by atoms with van der Waals surface area (Å²) in [7, 11) is 0. The van der Waals surface area contributed by atoms with Crippen molar-refractivity contribution in [3.63, 3.8) is 0 Å². The molecule has 22 heavy (non-hydrogen) atoms. The molecule has 0 aliphatic heterocycles. The summed E-state index contributed by atoms with van der Waals surface area (Å²) in [6.45, 7) is 4.06. The summed E-state index contributed by atoms with van der Waals surface area (Å²) in [5, 5.41) is 0. The molecule has 3 nitrogen and oxygen atoms in total. The van der Waals surface area contributed by atoms with Gasteiger partial charge in [0.15, 0.2) is 5.78 Å². The van der Waals surface area contributed by atoms with Crippen LogP contribution in [0.1, 0.15) is 21.5 Å². The monoisotopic (exact) mass is 316 g/mol. The molecule has 2 rings (SSSR count). The number of alkyl halides is 1. The van der Waals surface area contributed by atoms with Gasteiger partial charge >= 0.3 is 0 Å². The van der Waals surface area contributed by atoms with Crippen molar-refractivity contribution >= 4 is 23.1 Å². The largest absolute Gasteiger partial charge is 0.369 e. The molecule has 0 amide bonds. The molecule has 2 N–H and O–H groups in total. The average Bonchev–Trinajstić information content (AvgIpc) is 2.55. The van der Waals surface area contributed by atoms with Crippen LogP contribution in [0.2, 0.25) is 0 Å². The van der Waals surface area contributed by atoms with Crippen LogP contribution >= 0.6 is 11.6 Å². The molecule has 116 valence electrons. The first kappa shape index (κ1) is 16.5. The number of nitrogens with zero attached hydrogens (tertiary/aromatic N) is 1. The lowest BCUT2D eigenvalue weighted by Gasteiger charge is -2.23. The molecule has 0 saturated heterocycles. The van der Waals surface area contributed by atoms with Crippen LogP contribution in [0.25, 0.3) is 0 Å². The Bertz CT molecular complexity index is 602. The smallest absolute Gasteiger partial charge is 0.193 e. The van der Waals surface area contributed by atoms with Crippen LogP contribution in [0.3, 0.4) is 0 Å². The Morgan fingerprint density at radius 2 is 1.55 bits per heavy atom. The van der Waals surface area contributed by atoms with Gasteiger partial charge in [-0.1, -0.05) is 29.8 Å². The second kappa shape index (κ2) is 7.97. The van der Waals surface area contributed by atoms with Gasteiger partial charge in [0, 0.05) is 42.3 Å². The van der Waals surface area contributed by atoms with Crippen molar-refractivity contribution in [1.29, 1.82) is 0 Å². The quantitative estimate of drug-likeness (QED) is 0.630. The van der Waals surface area contributed by atoms with E-state index in [0.717, 1.165) is 24.3 Å². The average molecular weight is 317 g/mol. The molecule has 0 aliphatic carbocycles. The Kier molecular flexibility index (Phi) is 5.99. The van der Waals surface area contributed by atoms with E-state index in [0.29, 0.717) is 23.6 Å².